The third kappa shape index (κ3) is 7.13. The number of sulfonamides is 1. The Morgan fingerprint density at radius 1 is 1.25 bits per heavy atom. The number of imidazole rings is 1. The van der Waals surface area contributed by atoms with E-state index in [9.17, 15) is 17.6 Å². The van der Waals surface area contributed by atoms with Crippen LogP contribution in [0.1, 0.15) is 63.9 Å². The Morgan fingerprint density at radius 2 is 1.94 bits per heavy atom. The highest BCUT2D eigenvalue weighted by Gasteiger charge is 2.28. The van der Waals surface area contributed by atoms with Crippen molar-refractivity contribution in [3.05, 3.63) is 53.1 Å². The molecule has 3 aromatic rings. The maximum absolute atomic E-state index is 14.4. The topological polar surface area (TPSA) is 103 Å². The number of nitrogens with zero attached hydrogens (tertiary/aromatic N) is 3. The number of carbonyl (C=O) groups is 1. The van der Waals surface area contributed by atoms with Crippen LogP contribution in [0.15, 0.2) is 40.9 Å². The lowest BCUT2D eigenvalue weighted by molar-refractivity contribution is 0.151. The quantitative estimate of drug-likeness (QED) is 0.317. The maximum atomic E-state index is 14.4. The number of alkyl halides is 1. The van der Waals surface area contributed by atoms with Crippen LogP contribution in [-0.4, -0.2) is 35.7 Å². The predicted molar refractivity (Wildman–Crippen MR) is 138 cm³/mol. The molecular weight excluding hydrogens is 503 g/mol. The zero-order chi connectivity index (χ0) is 26.5. The molecule has 196 valence electrons. The first-order chi connectivity index (χ1) is 16.9. The molecule has 0 atom stereocenters. The fraction of sp³-hybridized carbons (Fsp3) is 0.480. The summed E-state index contributed by atoms with van der Waals surface area (Å²) in [6.45, 7) is 9.47. The van der Waals surface area contributed by atoms with Crippen molar-refractivity contribution in [3.8, 4) is 11.3 Å². The summed E-state index contributed by atoms with van der Waals surface area (Å²) < 4.78 is 49.3. The van der Waals surface area contributed by atoms with Crippen molar-refractivity contribution in [2.24, 2.45) is 5.92 Å². The van der Waals surface area contributed by atoms with Crippen LogP contribution in [0.4, 0.5) is 9.18 Å². The number of halogens is 1. The summed E-state index contributed by atoms with van der Waals surface area (Å²) in [6, 6.07) is 7.24. The number of ether oxygens (including phenoxy) is 1. The second-order valence-electron chi connectivity index (χ2n) is 9.48. The van der Waals surface area contributed by atoms with Crippen LogP contribution in [0.5, 0.6) is 0 Å². The first kappa shape index (κ1) is 27.8. The second-order valence-corrected chi connectivity index (χ2v) is 12.4. The number of carbonyl (C=O) groups excluding carboxylic acids is 1. The number of rotatable bonds is 11. The first-order valence-corrected chi connectivity index (χ1v) is 14.2. The Kier molecular flexibility index (Phi) is 8.89. The van der Waals surface area contributed by atoms with Crippen LogP contribution in [-0.2, 0) is 33.4 Å². The van der Waals surface area contributed by atoms with Crippen molar-refractivity contribution in [2.45, 2.75) is 70.3 Å². The molecule has 0 saturated carbocycles. The first-order valence-electron chi connectivity index (χ1n) is 11.9. The Bertz CT molecular complexity index is 1280. The minimum atomic E-state index is -4.19. The average Bonchev–Trinajstić information content (AvgIpc) is 3.41. The van der Waals surface area contributed by atoms with Gasteiger partial charge in [0.1, 0.15) is 11.5 Å². The van der Waals surface area contributed by atoms with Gasteiger partial charge in [-0.1, -0.05) is 51.5 Å². The van der Waals surface area contributed by atoms with Crippen LogP contribution in [0.3, 0.4) is 0 Å². The van der Waals surface area contributed by atoms with E-state index >= 15 is 0 Å². The fourth-order valence-electron chi connectivity index (χ4n) is 3.56. The molecule has 0 fully saturated rings. The number of hydrogen-bond acceptors (Lipinski definition) is 7. The lowest BCUT2D eigenvalue weighted by atomic mass is 10.1. The highest BCUT2D eigenvalue weighted by atomic mass is 32.2. The molecule has 0 aliphatic carbocycles. The molecule has 11 heteroatoms. The Hall–Kier alpha value is -2.79. The zero-order valence-electron chi connectivity index (χ0n) is 21.2. The number of benzene rings is 1. The number of unbranched alkanes of at least 4 members (excludes halogenated alkanes) is 1. The lowest BCUT2D eigenvalue weighted by Crippen LogP contribution is -2.31. The van der Waals surface area contributed by atoms with Gasteiger partial charge in [0.05, 0.1) is 11.6 Å². The SMILES string of the molecule is CCCCOC(=O)NS(=O)(=O)c1sc(CC(C)C)nc1-c1ccc(Cn2ccnc2C(C)(C)F)cc1. The van der Waals surface area contributed by atoms with Crippen LogP contribution in [0, 0.1) is 5.92 Å². The van der Waals surface area contributed by atoms with Crippen molar-refractivity contribution in [1.82, 2.24) is 19.3 Å². The van der Waals surface area contributed by atoms with Crippen molar-refractivity contribution < 1.29 is 22.3 Å². The van der Waals surface area contributed by atoms with E-state index in [0.29, 0.717) is 35.8 Å². The van der Waals surface area contributed by atoms with Crippen molar-refractivity contribution in [3.63, 3.8) is 0 Å². The Morgan fingerprint density at radius 3 is 2.56 bits per heavy atom. The molecule has 2 heterocycles. The summed E-state index contributed by atoms with van der Waals surface area (Å²) in [5, 5.41) is 0.664. The highest BCUT2D eigenvalue weighted by molar-refractivity contribution is 7.92. The van der Waals surface area contributed by atoms with Crippen molar-refractivity contribution >= 4 is 27.5 Å². The predicted octanol–water partition coefficient (Wildman–Crippen LogP) is 5.67. The van der Waals surface area contributed by atoms with Crippen LogP contribution in [0.25, 0.3) is 11.3 Å². The molecule has 0 radical (unpaired) electrons. The number of nitrogens with one attached hydrogen (secondary N) is 1. The molecule has 0 saturated heterocycles. The third-order valence-electron chi connectivity index (χ3n) is 5.24. The summed E-state index contributed by atoms with van der Waals surface area (Å²) in [6.07, 6.45) is 4.35. The summed E-state index contributed by atoms with van der Waals surface area (Å²) >= 11 is 1.05. The van der Waals surface area contributed by atoms with E-state index in [-0.39, 0.29) is 22.4 Å². The molecule has 0 aliphatic rings. The van der Waals surface area contributed by atoms with Gasteiger partial charge < -0.3 is 9.30 Å². The van der Waals surface area contributed by atoms with Gasteiger partial charge in [-0.05, 0) is 31.7 Å². The minimum absolute atomic E-state index is 0.0329. The monoisotopic (exact) mass is 536 g/mol. The maximum Gasteiger partial charge on any atom is 0.421 e. The van der Waals surface area contributed by atoms with E-state index in [1.165, 1.54) is 13.8 Å². The molecule has 1 amide bonds. The molecule has 8 nitrogen and oxygen atoms in total. The van der Waals surface area contributed by atoms with Gasteiger partial charge in [0, 0.05) is 30.9 Å². The summed E-state index contributed by atoms with van der Waals surface area (Å²) in [5.41, 5.74) is 0.192. The summed E-state index contributed by atoms with van der Waals surface area (Å²) in [5.74, 6) is 0.604. The van der Waals surface area contributed by atoms with Gasteiger partial charge in [-0.15, -0.1) is 11.3 Å². The molecule has 0 unspecified atom stereocenters. The smallest absolute Gasteiger partial charge is 0.421 e. The zero-order valence-corrected chi connectivity index (χ0v) is 22.9. The minimum Gasteiger partial charge on any atom is -0.449 e. The van der Waals surface area contributed by atoms with E-state index in [0.717, 1.165) is 23.3 Å². The molecule has 1 aromatic carbocycles. The molecular formula is C25H33FN4O4S2. The summed E-state index contributed by atoms with van der Waals surface area (Å²) in [7, 11) is -4.19. The number of hydrogen-bond donors (Lipinski definition) is 1. The molecule has 0 spiro atoms. The van der Waals surface area contributed by atoms with Gasteiger partial charge in [0.25, 0.3) is 10.0 Å². The van der Waals surface area contributed by atoms with Crippen LogP contribution in [0.2, 0.25) is 0 Å². The fourth-order valence-corrected chi connectivity index (χ4v) is 6.23. The van der Waals surface area contributed by atoms with Crippen molar-refractivity contribution in [2.75, 3.05) is 6.61 Å². The number of amides is 1. The van der Waals surface area contributed by atoms with E-state index in [2.05, 4.69) is 9.97 Å². The largest absolute Gasteiger partial charge is 0.449 e. The third-order valence-corrected chi connectivity index (χ3v) is 8.14. The molecule has 36 heavy (non-hydrogen) atoms. The van der Waals surface area contributed by atoms with Crippen molar-refractivity contribution in [1.29, 1.82) is 0 Å². The molecule has 3 rings (SSSR count). The van der Waals surface area contributed by atoms with Gasteiger partial charge in [0.15, 0.2) is 9.88 Å². The standard InChI is InChI=1S/C25H33FN4O4S2/c1-6-7-14-34-24(31)29-36(32,33)22-21(28-20(35-22)15-17(2)3)19-10-8-18(9-11-19)16-30-13-12-27-23(30)25(4,5)26/h8-13,17H,6-7,14-16H2,1-5H3,(H,29,31). The van der Waals surface area contributed by atoms with Crippen LogP contribution < -0.4 is 4.72 Å². The average molecular weight is 537 g/mol. The molecule has 2 aromatic heterocycles. The normalized spacial score (nSPS) is 12.2. The Balaban J connectivity index is 1.89. The Labute approximate surface area is 216 Å². The number of aromatic nitrogens is 3. The number of thiazole rings is 1. The molecule has 1 N–H and O–H groups in total. The van der Waals surface area contributed by atoms with Gasteiger partial charge in [-0.2, -0.15) is 0 Å². The molecule has 0 aliphatic heterocycles. The van der Waals surface area contributed by atoms with E-state index in [1.54, 1.807) is 29.1 Å². The van der Waals surface area contributed by atoms with Gasteiger partial charge in [-0.3, -0.25) is 0 Å². The van der Waals surface area contributed by atoms with Gasteiger partial charge in [0.2, 0.25) is 0 Å². The molecule has 0 bridgehead atoms. The summed E-state index contributed by atoms with van der Waals surface area (Å²) in [4.78, 5) is 20.8. The second kappa shape index (κ2) is 11.5. The van der Waals surface area contributed by atoms with E-state index in [4.69, 9.17) is 4.74 Å². The van der Waals surface area contributed by atoms with Gasteiger partial charge >= 0.3 is 6.09 Å². The van der Waals surface area contributed by atoms with Crippen LogP contribution >= 0.6 is 11.3 Å². The highest BCUT2D eigenvalue weighted by Crippen LogP contribution is 2.33. The lowest BCUT2D eigenvalue weighted by Gasteiger charge is -2.16. The van der Waals surface area contributed by atoms with E-state index < -0.39 is 21.8 Å². The van der Waals surface area contributed by atoms with Gasteiger partial charge in [-0.25, -0.2) is 32.3 Å². The van der Waals surface area contributed by atoms with E-state index in [1.807, 2.05) is 37.6 Å².